The van der Waals surface area contributed by atoms with Crippen LogP contribution < -0.4 is 11.0 Å². The van der Waals surface area contributed by atoms with Crippen molar-refractivity contribution >= 4 is 39.6 Å². The number of hydrazine groups is 2. The number of hydrogen-bond acceptors (Lipinski definition) is 5. The number of carbonyl (C=O) groups is 1. The summed E-state index contributed by atoms with van der Waals surface area (Å²) in [4.78, 5) is 11.2. The van der Waals surface area contributed by atoms with Crippen molar-refractivity contribution in [2.45, 2.75) is 19.5 Å². The molecule has 1 aromatic carbocycles. The van der Waals surface area contributed by atoms with Gasteiger partial charge in [-0.15, -0.1) is 0 Å². The highest BCUT2D eigenvalue weighted by molar-refractivity contribution is 9.10. The highest BCUT2D eigenvalue weighted by Crippen LogP contribution is 2.18. The molecule has 2 N–H and O–H groups in total. The van der Waals surface area contributed by atoms with Gasteiger partial charge in [-0.1, -0.05) is 28.1 Å². The van der Waals surface area contributed by atoms with Crippen LogP contribution in [0.1, 0.15) is 12.5 Å². The maximum absolute atomic E-state index is 13.2. The third-order valence-electron chi connectivity index (χ3n) is 2.46. The predicted octanol–water partition coefficient (Wildman–Crippen LogP) is 1.92. The van der Waals surface area contributed by atoms with Crippen LogP contribution in [0.4, 0.5) is 4.39 Å². The van der Waals surface area contributed by atoms with Crippen molar-refractivity contribution < 1.29 is 13.9 Å². The molecule has 8 heteroatoms. The summed E-state index contributed by atoms with van der Waals surface area (Å²) in [5.74, 6) is -0.739. The molecule has 20 heavy (non-hydrogen) atoms. The maximum atomic E-state index is 13.2. The summed E-state index contributed by atoms with van der Waals surface area (Å²) < 4.78 is 18.5. The number of ether oxygens (including phenoxy) is 1. The van der Waals surface area contributed by atoms with E-state index in [4.69, 9.17) is 12.2 Å². The molecule has 1 aromatic rings. The van der Waals surface area contributed by atoms with E-state index < -0.39 is 12.0 Å². The lowest BCUT2D eigenvalue weighted by Gasteiger charge is -2.23. The average Bonchev–Trinajstić information content (AvgIpc) is 2.45. The minimum absolute atomic E-state index is 0.322. The lowest BCUT2D eigenvalue weighted by Crippen LogP contribution is -2.51. The standard InChI is InChI=1S/C12H15BrFN3O2S/c1-8(12(18)19-2)15-16-17(7-20)6-9-5-10(14)3-4-11(9)13/h3-5,7-8,15-16H,6H2,1-2H3. The van der Waals surface area contributed by atoms with Gasteiger partial charge < -0.3 is 4.74 Å². The molecule has 0 aliphatic rings. The van der Waals surface area contributed by atoms with Gasteiger partial charge in [-0.05, 0) is 30.7 Å². The fourth-order valence-corrected chi connectivity index (χ4v) is 1.87. The van der Waals surface area contributed by atoms with E-state index in [1.54, 1.807) is 13.0 Å². The van der Waals surface area contributed by atoms with E-state index >= 15 is 0 Å². The average molecular weight is 364 g/mol. The molecule has 0 saturated heterocycles. The monoisotopic (exact) mass is 363 g/mol. The Labute approximate surface area is 130 Å². The minimum Gasteiger partial charge on any atom is -0.468 e. The van der Waals surface area contributed by atoms with Crippen LogP contribution in [0.25, 0.3) is 0 Å². The van der Waals surface area contributed by atoms with Gasteiger partial charge in [0, 0.05) is 4.47 Å². The Bertz CT molecular complexity index is 490. The third kappa shape index (κ3) is 5.12. The first-order chi connectivity index (χ1) is 9.47. The number of nitrogens with one attached hydrogen (secondary N) is 2. The van der Waals surface area contributed by atoms with E-state index in [-0.39, 0.29) is 5.82 Å². The second kappa shape index (κ2) is 8.25. The molecule has 0 aliphatic heterocycles. The Morgan fingerprint density at radius 1 is 1.65 bits per heavy atom. The summed E-state index contributed by atoms with van der Waals surface area (Å²) in [5.41, 5.74) is 7.56. The van der Waals surface area contributed by atoms with Gasteiger partial charge in [0.25, 0.3) is 0 Å². The Morgan fingerprint density at radius 3 is 2.95 bits per heavy atom. The number of nitrogens with zero attached hydrogens (tertiary/aromatic N) is 1. The molecule has 1 atom stereocenters. The minimum atomic E-state index is -0.548. The molecular weight excluding hydrogens is 349 g/mol. The van der Waals surface area contributed by atoms with E-state index in [1.807, 2.05) is 0 Å². The van der Waals surface area contributed by atoms with Crippen molar-refractivity contribution in [3.05, 3.63) is 34.1 Å². The van der Waals surface area contributed by atoms with Crippen LogP contribution in [-0.4, -0.2) is 29.6 Å². The Hall–Kier alpha value is -1.09. The number of hydrogen-bond donors (Lipinski definition) is 2. The Morgan fingerprint density at radius 2 is 2.35 bits per heavy atom. The van der Waals surface area contributed by atoms with Crippen LogP contribution in [0.5, 0.6) is 0 Å². The molecule has 1 unspecified atom stereocenters. The van der Waals surface area contributed by atoms with Crippen molar-refractivity contribution in [1.29, 1.82) is 0 Å². The Balaban J connectivity index is 2.61. The second-order valence-corrected chi connectivity index (χ2v) is 5.04. The molecule has 0 saturated carbocycles. The molecule has 0 fully saturated rings. The zero-order valence-electron chi connectivity index (χ0n) is 11.0. The number of carbonyl (C=O) groups excluding carboxylic acids is 1. The molecule has 0 aromatic heterocycles. The van der Waals surface area contributed by atoms with Crippen molar-refractivity contribution in [3.63, 3.8) is 0 Å². The molecule has 0 bridgehead atoms. The highest BCUT2D eigenvalue weighted by atomic mass is 79.9. The van der Waals surface area contributed by atoms with Gasteiger partial charge in [0.05, 0.1) is 19.1 Å². The van der Waals surface area contributed by atoms with E-state index in [0.717, 1.165) is 4.47 Å². The number of halogens is 2. The molecular formula is C12H15BrFN3O2S. The summed E-state index contributed by atoms with van der Waals surface area (Å²) in [5, 5.41) is 1.51. The largest absolute Gasteiger partial charge is 0.468 e. The van der Waals surface area contributed by atoms with E-state index in [2.05, 4.69) is 31.6 Å². The number of rotatable bonds is 7. The molecule has 0 aliphatic carbocycles. The Kier molecular flexibility index (Phi) is 7.00. The smallest absolute Gasteiger partial charge is 0.323 e. The topological polar surface area (TPSA) is 53.6 Å². The van der Waals surface area contributed by atoms with E-state index in [0.29, 0.717) is 12.1 Å². The molecule has 0 amide bonds. The number of methoxy groups -OCH3 is 1. The van der Waals surface area contributed by atoms with Gasteiger partial charge in [0.2, 0.25) is 0 Å². The number of thiocarbonyl (C=S) groups is 1. The first kappa shape index (κ1) is 17.0. The predicted molar refractivity (Wildman–Crippen MR) is 81.0 cm³/mol. The van der Waals surface area contributed by atoms with E-state index in [9.17, 15) is 9.18 Å². The highest BCUT2D eigenvalue weighted by Gasteiger charge is 2.13. The van der Waals surface area contributed by atoms with Crippen LogP contribution in [0.2, 0.25) is 0 Å². The van der Waals surface area contributed by atoms with Crippen LogP contribution in [0, 0.1) is 5.82 Å². The van der Waals surface area contributed by atoms with Gasteiger partial charge in [0.15, 0.2) is 0 Å². The summed E-state index contributed by atoms with van der Waals surface area (Å²) >= 11 is 8.21. The first-order valence-electron chi connectivity index (χ1n) is 5.72. The van der Waals surface area contributed by atoms with Gasteiger partial charge in [-0.3, -0.25) is 9.80 Å². The lowest BCUT2D eigenvalue weighted by molar-refractivity contribution is -0.143. The second-order valence-electron chi connectivity index (χ2n) is 3.97. The zero-order valence-corrected chi connectivity index (χ0v) is 13.4. The molecule has 0 heterocycles. The molecule has 0 spiro atoms. The van der Waals surface area contributed by atoms with Crippen LogP contribution >= 0.6 is 28.1 Å². The summed E-state index contributed by atoms with van der Waals surface area (Å²) in [6.07, 6.45) is 0. The van der Waals surface area contributed by atoms with Crippen LogP contribution in [0.3, 0.4) is 0 Å². The fraction of sp³-hybridized carbons (Fsp3) is 0.333. The van der Waals surface area contributed by atoms with Crippen molar-refractivity contribution in [1.82, 2.24) is 16.0 Å². The maximum Gasteiger partial charge on any atom is 0.323 e. The molecule has 0 radical (unpaired) electrons. The van der Waals surface area contributed by atoms with Crippen molar-refractivity contribution in [2.75, 3.05) is 7.11 Å². The summed E-state index contributed by atoms with van der Waals surface area (Å²) in [6.45, 7) is 1.96. The van der Waals surface area contributed by atoms with Crippen LogP contribution in [0.15, 0.2) is 22.7 Å². The fourth-order valence-electron chi connectivity index (χ4n) is 1.37. The van der Waals surface area contributed by atoms with Crippen LogP contribution in [-0.2, 0) is 16.1 Å². The molecule has 110 valence electrons. The number of benzene rings is 1. The van der Waals surface area contributed by atoms with E-state index in [1.165, 1.54) is 29.7 Å². The molecule has 5 nitrogen and oxygen atoms in total. The summed E-state index contributed by atoms with van der Waals surface area (Å²) in [7, 11) is 1.31. The normalized spacial score (nSPS) is 11.8. The zero-order chi connectivity index (χ0) is 15.1. The quantitative estimate of drug-likeness (QED) is 0.438. The first-order valence-corrected chi connectivity index (χ1v) is 6.99. The van der Waals surface area contributed by atoms with Gasteiger partial charge in [-0.2, -0.15) is 5.53 Å². The lowest BCUT2D eigenvalue weighted by atomic mass is 10.2. The number of esters is 1. The summed E-state index contributed by atoms with van der Waals surface area (Å²) in [6, 6.07) is 3.84. The van der Waals surface area contributed by atoms with Crippen molar-refractivity contribution in [3.8, 4) is 0 Å². The van der Waals surface area contributed by atoms with Gasteiger partial charge in [-0.25, -0.2) is 9.82 Å². The van der Waals surface area contributed by atoms with Gasteiger partial charge >= 0.3 is 5.97 Å². The van der Waals surface area contributed by atoms with Crippen molar-refractivity contribution in [2.24, 2.45) is 0 Å². The molecule has 1 rings (SSSR count). The SMILES string of the molecule is COC(=O)C(C)NNN(C=S)Cc1cc(F)ccc1Br. The van der Waals surface area contributed by atoms with Gasteiger partial charge in [0.1, 0.15) is 11.9 Å². The third-order valence-corrected chi connectivity index (χ3v) is 3.48.